The number of phenols is 1. The molecule has 0 heterocycles. The van der Waals surface area contributed by atoms with Crippen molar-refractivity contribution in [3.8, 4) is 5.75 Å². The van der Waals surface area contributed by atoms with Gasteiger partial charge in [-0.05, 0) is 23.8 Å². The van der Waals surface area contributed by atoms with E-state index in [-0.39, 0.29) is 11.7 Å². The van der Waals surface area contributed by atoms with Crippen LogP contribution >= 0.6 is 11.6 Å². The van der Waals surface area contributed by atoms with Gasteiger partial charge in [0.25, 0.3) is 5.91 Å². The quantitative estimate of drug-likeness (QED) is 0.848. The largest absolute Gasteiger partial charge is 0.506 e. The van der Waals surface area contributed by atoms with E-state index in [1.807, 2.05) is 12.1 Å². The van der Waals surface area contributed by atoms with Gasteiger partial charge in [-0.15, -0.1) is 0 Å². The Bertz CT molecular complexity index is 628. The van der Waals surface area contributed by atoms with Crippen LogP contribution in [0.5, 0.6) is 5.75 Å². The molecule has 0 saturated heterocycles. The Labute approximate surface area is 122 Å². The summed E-state index contributed by atoms with van der Waals surface area (Å²) in [5, 5.41) is 12.8. The summed E-state index contributed by atoms with van der Waals surface area (Å²) in [6, 6.07) is 11.7. The molecule has 5 heteroatoms. The predicted molar refractivity (Wildman–Crippen MR) is 78.2 cm³/mol. The molecule has 2 aromatic rings. The summed E-state index contributed by atoms with van der Waals surface area (Å²) in [5.41, 5.74) is 1.59. The van der Waals surface area contributed by atoms with Crippen molar-refractivity contribution in [2.24, 2.45) is 0 Å². The molecular formula is C15H14ClNO3. The molecule has 0 atom stereocenters. The first-order chi connectivity index (χ1) is 9.61. The molecule has 0 radical (unpaired) electrons. The number of rotatable bonds is 4. The summed E-state index contributed by atoms with van der Waals surface area (Å²) in [6.07, 6.45) is 0. The van der Waals surface area contributed by atoms with Crippen molar-refractivity contribution in [3.63, 3.8) is 0 Å². The Morgan fingerprint density at radius 3 is 2.75 bits per heavy atom. The molecule has 4 nitrogen and oxygen atoms in total. The lowest BCUT2D eigenvalue weighted by atomic mass is 10.1. The number of hydrogen-bond donors (Lipinski definition) is 2. The molecular weight excluding hydrogens is 278 g/mol. The first-order valence-electron chi connectivity index (χ1n) is 5.98. The smallest absolute Gasteiger partial charge is 0.256 e. The minimum Gasteiger partial charge on any atom is -0.506 e. The molecule has 2 rings (SSSR count). The van der Waals surface area contributed by atoms with E-state index >= 15 is 0 Å². The van der Waals surface area contributed by atoms with Gasteiger partial charge in [0.05, 0.1) is 12.3 Å². The maximum atomic E-state index is 12.2. The zero-order valence-corrected chi connectivity index (χ0v) is 11.6. The van der Waals surface area contributed by atoms with Crippen molar-refractivity contribution in [1.29, 1.82) is 0 Å². The van der Waals surface area contributed by atoms with E-state index in [0.29, 0.717) is 22.9 Å². The molecule has 0 aliphatic heterocycles. The lowest BCUT2D eigenvalue weighted by Gasteiger charge is -2.10. The minimum absolute atomic E-state index is 0.0740. The van der Waals surface area contributed by atoms with Gasteiger partial charge in [-0.2, -0.15) is 0 Å². The number of ether oxygens (including phenoxy) is 1. The van der Waals surface area contributed by atoms with Crippen LogP contribution in [0.15, 0.2) is 42.5 Å². The molecule has 1 amide bonds. The summed E-state index contributed by atoms with van der Waals surface area (Å²) in [6.45, 7) is 0.343. The average Bonchev–Trinajstić information content (AvgIpc) is 2.43. The number of halogens is 1. The first kappa shape index (κ1) is 14.4. The van der Waals surface area contributed by atoms with Crippen LogP contribution in [0.25, 0.3) is 0 Å². The number of carbonyl (C=O) groups is 1. The van der Waals surface area contributed by atoms with Crippen LogP contribution in [-0.4, -0.2) is 18.1 Å². The second kappa shape index (κ2) is 6.41. The number of phenolic OH excluding ortho intramolecular Hbond substituents is 1. The van der Waals surface area contributed by atoms with E-state index in [1.54, 1.807) is 31.4 Å². The van der Waals surface area contributed by atoms with E-state index < -0.39 is 0 Å². The molecule has 20 heavy (non-hydrogen) atoms. The number of aromatic hydroxyl groups is 1. The van der Waals surface area contributed by atoms with E-state index in [9.17, 15) is 9.90 Å². The van der Waals surface area contributed by atoms with Crippen LogP contribution in [0, 0.1) is 0 Å². The first-order valence-corrected chi connectivity index (χ1v) is 6.36. The monoisotopic (exact) mass is 291 g/mol. The summed E-state index contributed by atoms with van der Waals surface area (Å²) in [5.74, 6) is -0.384. The topological polar surface area (TPSA) is 58.6 Å². The molecule has 0 spiro atoms. The van der Waals surface area contributed by atoms with Gasteiger partial charge < -0.3 is 15.2 Å². The molecule has 2 N–H and O–H groups in total. The van der Waals surface area contributed by atoms with Crippen LogP contribution in [0.4, 0.5) is 5.69 Å². The highest BCUT2D eigenvalue weighted by Crippen LogP contribution is 2.27. The third-order valence-corrected chi connectivity index (χ3v) is 3.00. The Kier molecular flexibility index (Phi) is 4.61. The van der Waals surface area contributed by atoms with Crippen molar-refractivity contribution in [3.05, 3.63) is 58.6 Å². The molecule has 0 unspecified atom stereocenters. The minimum atomic E-state index is -0.310. The third kappa shape index (κ3) is 3.29. The Hall–Kier alpha value is -2.04. The zero-order chi connectivity index (χ0) is 14.5. The fraction of sp³-hybridized carbons (Fsp3) is 0.133. The summed E-state index contributed by atoms with van der Waals surface area (Å²) in [7, 11) is 1.57. The average molecular weight is 292 g/mol. The van der Waals surface area contributed by atoms with Gasteiger partial charge in [0.1, 0.15) is 5.75 Å². The van der Waals surface area contributed by atoms with E-state index in [4.69, 9.17) is 16.3 Å². The normalized spacial score (nSPS) is 10.3. The Morgan fingerprint density at radius 2 is 2.05 bits per heavy atom. The maximum absolute atomic E-state index is 12.2. The second-order valence-electron chi connectivity index (χ2n) is 4.21. The van der Waals surface area contributed by atoms with Crippen molar-refractivity contribution < 1.29 is 14.6 Å². The van der Waals surface area contributed by atoms with Gasteiger partial charge in [0.15, 0.2) is 0 Å². The van der Waals surface area contributed by atoms with Crippen LogP contribution in [0.3, 0.4) is 0 Å². The number of anilines is 1. The summed E-state index contributed by atoms with van der Waals surface area (Å²) >= 11 is 5.75. The van der Waals surface area contributed by atoms with Crippen molar-refractivity contribution in [2.75, 3.05) is 12.4 Å². The summed E-state index contributed by atoms with van der Waals surface area (Å²) < 4.78 is 5.06. The van der Waals surface area contributed by atoms with Crippen LogP contribution in [0.1, 0.15) is 15.9 Å². The summed E-state index contributed by atoms with van der Waals surface area (Å²) in [4.78, 5) is 12.2. The number of benzene rings is 2. The van der Waals surface area contributed by atoms with Gasteiger partial charge >= 0.3 is 0 Å². The number of hydrogen-bond acceptors (Lipinski definition) is 3. The highest BCUT2D eigenvalue weighted by atomic mass is 35.5. The van der Waals surface area contributed by atoms with E-state index in [1.165, 1.54) is 6.07 Å². The lowest BCUT2D eigenvalue weighted by Crippen LogP contribution is -2.14. The van der Waals surface area contributed by atoms with Crippen LogP contribution < -0.4 is 5.32 Å². The van der Waals surface area contributed by atoms with Gasteiger partial charge in [0.2, 0.25) is 0 Å². The molecule has 0 aliphatic carbocycles. The highest BCUT2D eigenvalue weighted by molar-refractivity contribution is 6.30. The molecule has 0 aliphatic rings. The molecule has 0 saturated carbocycles. The SMILES string of the molecule is COCc1ccccc1C(=O)Nc1ccc(Cl)cc1O. The number of amides is 1. The van der Waals surface area contributed by atoms with Gasteiger partial charge in [-0.3, -0.25) is 4.79 Å². The van der Waals surface area contributed by atoms with Crippen LogP contribution in [-0.2, 0) is 11.3 Å². The third-order valence-electron chi connectivity index (χ3n) is 2.77. The van der Waals surface area contributed by atoms with Crippen molar-refractivity contribution in [1.82, 2.24) is 0 Å². The number of methoxy groups -OCH3 is 1. The van der Waals surface area contributed by atoms with Crippen molar-refractivity contribution in [2.45, 2.75) is 6.61 Å². The lowest BCUT2D eigenvalue weighted by molar-refractivity contribution is 0.102. The number of nitrogens with one attached hydrogen (secondary N) is 1. The maximum Gasteiger partial charge on any atom is 0.256 e. The molecule has 2 aromatic carbocycles. The number of carbonyl (C=O) groups excluding carboxylic acids is 1. The van der Waals surface area contributed by atoms with Crippen LogP contribution in [0.2, 0.25) is 5.02 Å². The van der Waals surface area contributed by atoms with Gasteiger partial charge in [0, 0.05) is 23.8 Å². The Balaban J connectivity index is 2.24. The molecule has 0 aromatic heterocycles. The van der Waals surface area contributed by atoms with Gasteiger partial charge in [-0.25, -0.2) is 0 Å². The fourth-order valence-electron chi connectivity index (χ4n) is 1.82. The predicted octanol–water partition coefficient (Wildman–Crippen LogP) is 3.44. The zero-order valence-electron chi connectivity index (χ0n) is 10.9. The second-order valence-corrected chi connectivity index (χ2v) is 4.64. The van der Waals surface area contributed by atoms with E-state index in [0.717, 1.165) is 5.56 Å². The molecule has 104 valence electrons. The fourth-order valence-corrected chi connectivity index (χ4v) is 1.99. The van der Waals surface area contributed by atoms with E-state index in [2.05, 4.69) is 5.32 Å². The highest BCUT2D eigenvalue weighted by Gasteiger charge is 2.12. The Morgan fingerprint density at radius 1 is 1.30 bits per heavy atom. The standard InChI is InChI=1S/C15H14ClNO3/c1-20-9-10-4-2-3-5-12(10)15(19)17-13-7-6-11(16)8-14(13)18/h2-8,18H,9H2,1H3,(H,17,19). The molecule has 0 fully saturated rings. The molecule has 0 bridgehead atoms. The van der Waals surface area contributed by atoms with Gasteiger partial charge in [-0.1, -0.05) is 29.8 Å². The van der Waals surface area contributed by atoms with Crippen molar-refractivity contribution >= 4 is 23.2 Å².